The monoisotopic (exact) mass is 265 g/mol. The largest absolute Gasteiger partial charge is 0.480 e. The summed E-state index contributed by atoms with van der Waals surface area (Å²) in [5.74, 6) is 1.27. The maximum absolute atomic E-state index is 5.06. The zero-order valence-electron chi connectivity index (χ0n) is 12.6. The van der Waals surface area contributed by atoms with Crippen LogP contribution in [0, 0.1) is 5.92 Å². The van der Waals surface area contributed by atoms with Crippen LogP contribution in [0.4, 0.5) is 0 Å². The zero-order chi connectivity index (χ0) is 14.1. The maximum Gasteiger partial charge on any atom is 0.233 e. The van der Waals surface area contributed by atoms with Crippen LogP contribution in [-0.2, 0) is 0 Å². The lowest BCUT2D eigenvalue weighted by Gasteiger charge is -2.21. The summed E-state index contributed by atoms with van der Waals surface area (Å²) >= 11 is 0. The van der Waals surface area contributed by atoms with Crippen molar-refractivity contribution in [2.24, 2.45) is 5.92 Å². The molecular formula is C15H27N3O. The highest BCUT2D eigenvalue weighted by atomic mass is 16.5. The van der Waals surface area contributed by atoms with Crippen LogP contribution in [0.5, 0.6) is 5.88 Å². The van der Waals surface area contributed by atoms with Gasteiger partial charge in [-0.3, -0.25) is 0 Å². The first-order valence-electron chi connectivity index (χ1n) is 7.32. The summed E-state index contributed by atoms with van der Waals surface area (Å²) < 4.78 is 5.06. The Morgan fingerprint density at radius 3 is 2.53 bits per heavy atom. The van der Waals surface area contributed by atoms with Crippen molar-refractivity contribution in [2.75, 3.05) is 13.7 Å². The van der Waals surface area contributed by atoms with Crippen LogP contribution in [-0.4, -0.2) is 23.9 Å². The molecule has 0 fully saturated rings. The highest BCUT2D eigenvalue weighted by Gasteiger charge is 2.16. The molecule has 0 aliphatic heterocycles. The fraction of sp³-hybridized carbons (Fsp3) is 0.733. The van der Waals surface area contributed by atoms with Crippen LogP contribution >= 0.6 is 0 Å². The van der Waals surface area contributed by atoms with Crippen molar-refractivity contribution in [1.82, 2.24) is 15.5 Å². The van der Waals surface area contributed by atoms with Crippen molar-refractivity contribution in [3.05, 3.63) is 17.8 Å². The summed E-state index contributed by atoms with van der Waals surface area (Å²) in [4.78, 5) is 0. The molecule has 4 heteroatoms. The fourth-order valence-electron chi connectivity index (χ4n) is 2.27. The molecule has 2 unspecified atom stereocenters. The number of aromatic nitrogens is 2. The number of hydrogen-bond donors (Lipinski definition) is 1. The fourth-order valence-corrected chi connectivity index (χ4v) is 2.27. The van der Waals surface area contributed by atoms with Crippen LogP contribution in [0.15, 0.2) is 12.1 Å². The first-order valence-corrected chi connectivity index (χ1v) is 7.32. The lowest BCUT2D eigenvalue weighted by Crippen LogP contribution is -2.25. The van der Waals surface area contributed by atoms with E-state index in [4.69, 9.17) is 4.74 Å². The molecular weight excluding hydrogens is 238 g/mol. The lowest BCUT2D eigenvalue weighted by atomic mass is 9.95. The smallest absolute Gasteiger partial charge is 0.233 e. The van der Waals surface area contributed by atoms with Gasteiger partial charge in [0.1, 0.15) is 0 Å². The number of hydrogen-bond acceptors (Lipinski definition) is 4. The van der Waals surface area contributed by atoms with Gasteiger partial charge in [-0.2, -0.15) is 5.10 Å². The van der Waals surface area contributed by atoms with Crippen molar-refractivity contribution >= 4 is 0 Å². The van der Waals surface area contributed by atoms with Gasteiger partial charge in [0, 0.05) is 6.07 Å². The molecule has 1 rings (SSSR count). The third-order valence-electron chi connectivity index (χ3n) is 3.29. The van der Waals surface area contributed by atoms with Crippen LogP contribution in [0.25, 0.3) is 0 Å². The van der Waals surface area contributed by atoms with Gasteiger partial charge in [-0.1, -0.05) is 33.6 Å². The third-order valence-corrected chi connectivity index (χ3v) is 3.29. The molecule has 2 atom stereocenters. The van der Waals surface area contributed by atoms with E-state index in [0.29, 0.717) is 17.8 Å². The van der Waals surface area contributed by atoms with Crippen molar-refractivity contribution in [2.45, 2.75) is 52.5 Å². The van der Waals surface area contributed by atoms with Gasteiger partial charge in [0.15, 0.2) is 0 Å². The molecule has 0 aromatic carbocycles. The van der Waals surface area contributed by atoms with Gasteiger partial charge < -0.3 is 10.1 Å². The molecule has 1 N–H and O–H groups in total. The van der Waals surface area contributed by atoms with E-state index in [1.165, 1.54) is 12.8 Å². The molecule has 0 spiro atoms. The molecule has 0 aliphatic rings. The van der Waals surface area contributed by atoms with Gasteiger partial charge in [-0.25, -0.2) is 0 Å². The molecule has 19 heavy (non-hydrogen) atoms. The highest BCUT2D eigenvalue weighted by molar-refractivity contribution is 5.14. The van der Waals surface area contributed by atoms with Crippen LogP contribution in [0.2, 0.25) is 0 Å². The Labute approximate surface area is 117 Å². The van der Waals surface area contributed by atoms with Gasteiger partial charge in [-0.05, 0) is 31.4 Å². The van der Waals surface area contributed by atoms with E-state index in [2.05, 4.69) is 36.3 Å². The summed E-state index contributed by atoms with van der Waals surface area (Å²) in [6, 6.07) is 4.19. The van der Waals surface area contributed by atoms with Crippen LogP contribution < -0.4 is 10.1 Å². The molecule has 0 bridgehead atoms. The molecule has 0 radical (unpaired) electrons. The minimum absolute atomic E-state index is 0.292. The minimum Gasteiger partial charge on any atom is -0.480 e. The van der Waals surface area contributed by atoms with Crippen molar-refractivity contribution in [3.63, 3.8) is 0 Å². The summed E-state index contributed by atoms with van der Waals surface area (Å²) in [5.41, 5.74) is 1.01. The van der Waals surface area contributed by atoms with Crippen molar-refractivity contribution in [3.8, 4) is 5.88 Å². The van der Waals surface area contributed by atoms with E-state index < -0.39 is 0 Å². The van der Waals surface area contributed by atoms with Crippen LogP contribution in [0.3, 0.4) is 0 Å². The van der Waals surface area contributed by atoms with Gasteiger partial charge in [0.25, 0.3) is 0 Å². The predicted molar refractivity (Wildman–Crippen MR) is 78.3 cm³/mol. The van der Waals surface area contributed by atoms with E-state index >= 15 is 0 Å². The van der Waals surface area contributed by atoms with Gasteiger partial charge in [-0.15, -0.1) is 5.10 Å². The standard InChI is InChI=1S/C15H27N3O/c1-5-7-12(3)11-14(16-10-6-2)13-8-9-15(19-4)18-17-13/h8-9,12,14,16H,5-7,10-11H2,1-4H3. The van der Waals surface area contributed by atoms with Gasteiger partial charge >= 0.3 is 0 Å². The summed E-state index contributed by atoms with van der Waals surface area (Å²) in [6.07, 6.45) is 4.72. The Balaban J connectivity index is 2.70. The van der Waals surface area contributed by atoms with E-state index in [1.54, 1.807) is 7.11 Å². The maximum atomic E-state index is 5.06. The Hall–Kier alpha value is -1.16. The SMILES string of the molecule is CCCNC(CC(C)CCC)c1ccc(OC)nn1. The number of nitrogens with one attached hydrogen (secondary N) is 1. The van der Waals surface area contributed by atoms with Crippen molar-refractivity contribution in [1.29, 1.82) is 0 Å². The first-order chi connectivity index (χ1) is 9.21. The quantitative estimate of drug-likeness (QED) is 0.744. The summed E-state index contributed by atoms with van der Waals surface area (Å²) in [7, 11) is 1.61. The highest BCUT2D eigenvalue weighted by Crippen LogP contribution is 2.23. The summed E-state index contributed by atoms with van der Waals surface area (Å²) in [6.45, 7) is 7.73. The molecule has 4 nitrogen and oxygen atoms in total. The van der Waals surface area contributed by atoms with Gasteiger partial charge in [0.2, 0.25) is 5.88 Å². The summed E-state index contributed by atoms with van der Waals surface area (Å²) in [5, 5.41) is 11.9. The Morgan fingerprint density at radius 2 is 2.00 bits per heavy atom. The average molecular weight is 265 g/mol. The van der Waals surface area contributed by atoms with E-state index in [9.17, 15) is 0 Å². The molecule has 0 saturated carbocycles. The normalized spacial score (nSPS) is 14.1. The average Bonchev–Trinajstić information content (AvgIpc) is 2.44. The molecule has 0 saturated heterocycles. The lowest BCUT2D eigenvalue weighted by molar-refractivity contribution is 0.372. The Bertz CT molecular complexity index is 340. The molecule has 1 heterocycles. The van der Waals surface area contributed by atoms with Crippen molar-refractivity contribution < 1.29 is 4.74 Å². The number of rotatable bonds is 9. The first kappa shape index (κ1) is 15.9. The number of ether oxygens (including phenoxy) is 1. The van der Waals surface area contributed by atoms with E-state index in [-0.39, 0.29) is 0 Å². The van der Waals surface area contributed by atoms with Crippen LogP contribution in [0.1, 0.15) is 58.2 Å². The second kappa shape index (κ2) is 8.86. The van der Waals surface area contributed by atoms with E-state index in [0.717, 1.165) is 25.1 Å². The molecule has 1 aromatic heterocycles. The Morgan fingerprint density at radius 1 is 1.21 bits per heavy atom. The number of nitrogens with zero attached hydrogens (tertiary/aromatic N) is 2. The Kier molecular flexibility index (Phi) is 7.41. The second-order valence-corrected chi connectivity index (χ2v) is 5.14. The zero-order valence-corrected chi connectivity index (χ0v) is 12.6. The molecule has 0 amide bonds. The topological polar surface area (TPSA) is 47.0 Å². The second-order valence-electron chi connectivity index (χ2n) is 5.14. The van der Waals surface area contributed by atoms with E-state index in [1.807, 2.05) is 12.1 Å². The van der Waals surface area contributed by atoms with Gasteiger partial charge in [0.05, 0.1) is 18.8 Å². The molecule has 0 aliphatic carbocycles. The predicted octanol–water partition coefficient (Wildman–Crippen LogP) is 3.35. The molecule has 1 aromatic rings. The molecule has 108 valence electrons. The minimum atomic E-state index is 0.292. The number of methoxy groups -OCH3 is 1. The third kappa shape index (κ3) is 5.55.